The van der Waals surface area contributed by atoms with Gasteiger partial charge in [-0.25, -0.2) is 0 Å². The largest absolute Gasteiger partial charge is 0.396 e. The van der Waals surface area contributed by atoms with Crippen LogP contribution in [0.25, 0.3) is 0 Å². The molecular formula is C12H13ClN2S. The molecule has 0 spiro atoms. The Labute approximate surface area is 104 Å². The molecule has 1 heterocycles. The van der Waals surface area contributed by atoms with E-state index in [1.807, 2.05) is 18.2 Å². The topological polar surface area (TPSA) is 38.0 Å². The van der Waals surface area contributed by atoms with E-state index in [0.29, 0.717) is 10.7 Å². The fraction of sp³-hybridized carbons (Fsp3) is 0.167. The Kier molecular flexibility index (Phi) is 3.36. The van der Waals surface area contributed by atoms with E-state index < -0.39 is 0 Å². The van der Waals surface area contributed by atoms with Crippen molar-refractivity contribution in [2.75, 3.05) is 11.1 Å². The zero-order valence-corrected chi connectivity index (χ0v) is 10.5. The van der Waals surface area contributed by atoms with Gasteiger partial charge in [-0.15, -0.1) is 11.3 Å². The highest BCUT2D eigenvalue weighted by Crippen LogP contribution is 2.30. The van der Waals surface area contributed by atoms with Gasteiger partial charge in [0, 0.05) is 4.88 Å². The quantitative estimate of drug-likeness (QED) is 0.805. The first kappa shape index (κ1) is 11.3. The van der Waals surface area contributed by atoms with Crippen molar-refractivity contribution in [2.45, 2.75) is 13.0 Å². The van der Waals surface area contributed by atoms with Gasteiger partial charge < -0.3 is 11.1 Å². The Morgan fingerprint density at radius 1 is 1.31 bits per heavy atom. The first-order valence-corrected chi connectivity index (χ1v) is 6.28. The van der Waals surface area contributed by atoms with E-state index in [2.05, 4.69) is 23.7 Å². The standard InChI is InChI=1S/C12H13ClN2S/c1-8(11-6-3-7-16-11)15-10-5-2-4-9(13)12(10)14/h2-8,15H,14H2,1H3. The van der Waals surface area contributed by atoms with Gasteiger partial charge in [-0.05, 0) is 30.5 Å². The van der Waals surface area contributed by atoms with Crippen LogP contribution < -0.4 is 11.1 Å². The SMILES string of the molecule is CC(Nc1cccc(Cl)c1N)c1cccs1. The van der Waals surface area contributed by atoms with Crippen molar-refractivity contribution < 1.29 is 0 Å². The zero-order valence-electron chi connectivity index (χ0n) is 8.91. The van der Waals surface area contributed by atoms with Gasteiger partial charge in [0.05, 0.1) is 22.4 Å². The monoisotopic (exact) mass is 252 g/mol. The molecule has 1 aromatic carbocycles. The summed E-state index contributed by atoms with van der Waals surface area (Å²) >= 11 is 7.68. The lowest BCUT2D eigenvalue weighted by atomic mass is 10.2. The molecule has 4 heteroatoms. The molecule has 1 atom stereocenters. The number of halogens is 1. The van der Waals surface area contributed by atoms with Crippen molar-refractivity contribution in [1.29, 1.82) is 0 Å². The average Bonchev–Trinajstić information content (AvgIpc) is 2.78. The molecule has 1 aromatic heterocycles. The van der Waals surface area contributed by atoms with Crippen molar-refractivity contribution in [3.8, 4) is 0 Å². The maximum atomic E-state index is 5.96. The van der Waals surface area contributed by atoms with Crippen molar-refractivity contribution in [1.82, 2.24) is 0 Å². The van der Waals surface area contributed by atoms with E-state index in [0.717, 1.165) is 5.69 Å². The molecule has 2 rings (SSSR count). The van der Waals surface area contributed by atoms with Crippen molar-refractivity contribution in [3.05, 3.63) is 45.6 Å². The Balaban J connectivity index is 2.18. The van der Waals surface area contributed by atoms with Crippen LogP contribution in [0.3, 0.4) is 0 Å². The predicted molar refractivity (Wildman–Crippen MR) is 72.2 cm³/mol. The number of hydrogen-bond acceptors (Lipinski definition) is 3. The highest BCUT2D eigenvalue weighted by atomic mass is 35.5. The molecule has 0 aliphatic rings. The van der Waals surface area contributed by atoms with Crippen LogP contribution in [0.4, 0.5) is 11.4 Å². The van der Waals surface area contributed by atoms with E-state index in [4.69, 9.17) is 17.3 Å². The molecule has 2 aromatic rings. The minimum Gasteiger partial charge on any atom is -0.396 e. The van der Waals surface area contributed by atoms with Gasteiger partial charge in [-0.2, -0.15) is 0 Å². The fourth-order valence-corrected chi connectivity index (χ4v) is 2.41. The van der Waals surface area contributed by atoms with E-state index in [-0.39, 0.29) is 6.04 Å². The first-order chi connectivity index (χ1) is 7.68. The number of benzene rings is 1. The molecule has 0 fully saturated rings. The van der Waals surface area contributed by atoms with E-state index in [9.17, 15) is 0 Å². The van der Waals surface area contributed by atoms with Crippen LogP contribution in [0, 0.1) is 0 Å². The van der Waals surface area contributed by atoms with Crippen LogP contribution >= 0.6 is 22.9 Å². The fourth-order valence-electron chi connectivity index (χ4n) is 1.50. The predicted octanol–water partition coefficient (Wildman–Crippen LogP) is 4.16. The summed E-state index contributed by atoms with van der Waals surface area (Å²) in [6, 6.07) is 9.99. The van der Waals surface area contributed by atoms with Crippen molar-refractivity contribution in [3.63, 3.8) is 0 Å². The van der Waals surface area contributed by atoms with Gasteiger partial charge >= 0.3 is 0 Å². The molecule has 0 saturated heterocycles. The second-order valence-electron chi connectivity index (χ2n) is 3.58. The third-order valence-electron chi connectivity index (χ3n) is 2.39. The van der Waals surface area contributed by atoms with Crippen molar-refractivity contribution >= 4 is 34.3 Å². The number of hydrogen-bond donors (Lipinski definition) is 2. The van der Waals surface area contributed by atoms with Crippen LogP contribution in [-0.2, 0) is 0 Å². The molecule has 3 N–H and O–H groups in total. The Hall–Kier alpha value is -1.19. The van der Waals surface area contributed by atoms with Crippen LogP contribution in [-0.4, -0.2) is 0 Å². The van der Waals surface area contributed by atoms with E-state index >= 15 is 0 Å². The Morgan fingerprint density at radius 2 is 2.12 bits per heavy atom. The van der Waals surface area contributed by atoms with Gasteiger partial charge in [0.15, 0.2) is 0 Å². The number of nitrogens with one attached hydrogen (secondary N) is 1. The van der Waals surface area contributed by atoms with Gasteiger partial charge in [-0.1, -0.05) is 23.7 Å². The van der Waals surface area contributed by atoms with Crippen LogP contribution in [0.1, 0.15) is 17.8 Å². The lowest BCUT2D eigenvalue weighted by molar-refractivity contribution is 0.909. The molecule has 1 unspecified atom stereocenters. The summed E-state index contributed by atoms with van der Waals surface area (Å²) in [6.07, 6.45) is 0. The zero-order chi connectivity index (χ0) is 11.5. The summed E-state index contributed by atoms with van der Waals surface area (Å²) in [7, 11) is 0. The number of thiophene rings is 1. The number of rotatable bonds is 3. The highest BCUT2D eigenvalue weighted by Gasteiger charge is 2.09. The summed E-state index contributed by atoms with van der Waals surface area (Å²) in [5.41, 5.74) is 7.38. The molecule has 0 radical (unpaired) electrons. The molecule has 0 aliphatic heterocycles. The molecule has 0 amide bonds. The summed E-state index contributed by atoms with van der Waals surface area (Å²) in [6.45, 7) is 2.10. The molecule has 0 saturated carbocycles. The molecule has 2 nitrogen and oxygen atoms in total. The lowest BCUT2D eigenvalue weighted by Crippen LogP contribution is -2.07. The summed E-state index contributed by atoms with van der Waals surface area (Å²) in [5, 5.41) is 6.01. The molecule has 84 valence electrons. The minimum atomic E-state index is 0.237. The average molecular weight is 253 g/mol. The third-order valence-corrected chi connectivity index (χ3v) is 3.78. The van der Waals surface area contributed by atoms with Gasteiger partial charge in [-0.3, -0.25) is 0 Å². The molecule has 16 heavy (non-hydrogen) atoms. The number of anilines is 2. The second-order valence-corrected chi connectivity index (χ2v) is 4.97. The number of para-hydroxylation sites is 1. The normalized spacial score (nSPS) is 12.4. The molecule has 0 aliphatic carbocycles. The number of nitrogens with two attached hydrogens (primary N) is 1. The Morgan fingerprint density at radius 3 is 2.81 bits per heavy atom. The van der Waals surface area contributed by atoms with Gasteiger partial charge in [0.2, 0.25) is 0 Å². The Bertz CT molecular complexity index is 468. The number of nitrogen functional groups attached to an aromatic ring is 1. The minimum absolute atomic E-state index is 0.237. The van der Waals surface area contributed by atoms with Crippen molar-refractivity contribution in [2.24, 2.45) is 0 Å². The van der Waals surface area contributed by atoms with Crippen LogP contribution in [0.15, 0.2) is 35.7 Å². The van der Waals surface area contributed by atoms with Gasteiger partial charge in [0.1, 0.15) is 0 Å². The molecular weight excluding hydrogens is 240 g/mol. The summed E-state index contributed by atoms with van der Waals surface area (Å²) in [5.74, 6) is 0. The summed E-state index contributed by atoms with van der Waals surface area (Å²) in [4.78, 5) is 1.28. The van der Waals surface area contributed by atoms with Gasteiger partial charge in [0.25, 0.3) is 0 Å². The lowest BCUT2D eigenvalue weighted by Gasteiger charge is -2.15. The van der Waals surface area contributed by atoms with E-state index in [1.54, 1.807) is 17.4 Å². The smallest absolute Gasteiger partial charge is 0.0739 e. The third kappa shape index (κ3) is 2.31. The molecule has 0 bridgehead atoms. The maximum Gasteiger partial charge on any atom is 0.0739 e. The second kappa shape index (κ2) is 4.76. The summed E-state index contributed by atoms with van der Waals surface area (Å²) < 4.78 is 0. The highest BCUT2D eigenvalue weighted by molar-refractivity contribution is 7.10. The maximum absolute atomic E-state index is 5.96. The van der Waals surface area contributed by atoms with Crippen LogP contribution in [0.5, 0.6) is 0 Å². The first-order valence-electron chi connectivity index (χ1n) is 5.02. The van der Waals surface area contributed by atoms with Crippen LogP contribution in [0.2, 0.25) is 5.02 Å². The van der Waals surface area contributed by atoms with E-state index in [1.165, 1.54) is 4.88 Å².